The summed E-state index contributed by atoms with van der Waals surface area (Å²) in [7, 11) is 0. The van der Waals surface area contributed by atoms with E-state index in [2.05, 4.69) is 9.97 Å². The van der Waals surface area contributed by atoms with E-state index in [0.717, 1.165) is 0 Å². The summed E-state index contributed by atoms with van der Waals surface area (Å²) in [6, 6.07) is 0. The molecule has 0 radical (unpaired) electrons. The van der Waals surface area contributed by atoms with Gasteiger partial charge in [0.2, 0.25) is 11.8 Å². The number of aromatic nitrogens is 2. The van der Waals surface area contributed by atoms with Crippen LogP contribution in [0.15, 0.2) is 106 Å². The molecule has 0 aromatic carbocycles. The zero-order valence-corrected chi connectivity index (χ0v) is 31.5. The van der Waals surface area contributed by atoms with Crippen LogP contribution in [0.25, 0.3) is 12.2 Å². The number of cyclic esters (lactones) is 2. The number of esters is 2. The van der Waals surface area contributed by atoms with Crippen LogP contribution in [0, 0.1) is 10.8 Å². The van der Waals surface area contributed by atoms with Gasteiger partial charge in [0.1, 0.15) is 49.2 Å². The first kappa shape index (κ1) is 40.3. The van der Waals surface area contributed by atoms with Gasteiger partial charge in [-0.2, -0.15) is 0 Å². The van der Waals surface area contributed by atoms with Crippen molar-refractivity contribution >= 4 is 24.1 Å². The maximum atomic E-state index is 13.2. The summed E-state index contributed by atoms with van der Waals surface area (Å²) in [6.07, 6.45) is 27.7. The van der Waals surface area contributed by atoms with E-state index in [1.54, 1.807) is 60.8 Å². The lowest BCUT2D eigenvalue weighted by Crippen LogP contribution is -2.42. The number of aliphatic hydroxyl groups is 2. The molecule has 4 bridgehead atoms. The average Bonchev–Trinajstić information content (AvgIpc) is 3.93. The second-order valence-corrected chi connectivity index (χ2v) is 14.5. The largest absolute Gasteiger partial charge is 0.457 e. The summed E-state index contributed by atoms with van der Waals surface area (Å²) in [6.45, 7) is 11.0. The summed E-state index contributed by atoms with van der Waals surface area (Å²) in [5.74, 6) is -0.902. The van der Waals surface area contributed by atoms with Gasteiger partial charge < -0.3 is 38.0 Å². The van der Waals surface area contributed by atoms with Crippen molar-refractivity contribution in [2.45, 2.75) is 103 Å². The third kappa shape index (κ3) is 10.6. The molecule has 8 atom stereocenters. The molecule has 0 amide bonds. The fourth-order valence-electron chi connectivity index (χ4n) is 5.73. The lowest BCUT2D eigenvalue weighted by molar-refractivity contribution is -0.0461. The molecule has 0 unspecified atom stereocenters. The molecule has 12 heteroatoms. The summed E-state index contributed by atoms with van der Waals surface area (Å²) >= 11 is 0. The monoisotopic (exact) mass is 742 g/mol. The van der Waals surface area contributed by atoms with Crippen LogP contribution in [-0.4, -0.2) is 81.0 Å². The van der Waals surface area contributed by atoms with Crippen LogP contribution in [0.2, 0.25) is 0 Å². The molecule has 2 fully saturated rings. The van der Waals surface area contributed by atoms with Crippen LogP contribution in [-0.2, 0) is 18.9 Å². The molecule has 5 heterocycles. The topological polar surface area (TPSA) is 170 Å². The smallest absolute Gasteiger partial charge is 0.360 e. The molecule has 2 N–H and O–H groups in total. The van der Waals surface area contributed by atoms with E-state index in [4.69, 9.17) is 27.8 Å². The van der Waals surface area contributed by atoms with E-state index < -0.39 is 47.2 Å². The number of oxazole rings is 2. The molecule has 2 aromatic rings. The lowest BCUT2D eigenvalue weighted by Gasteiger charge is -2.36. The number of carbonyl (C=O) groups excluding carboxylic acids is 2. The SMILES string of the molecule is C/C=C/[C@@H](O)C(C)(C)[C@@H]1C/C=C/[C@H]2O[C@@H]2/C=C\C=C\c2nc(co2)C(=O)O[C@H](C(C)(C)[C@@H](O)/C=C/C)C/C=C/[C@H]2O[C@H]2/C=C\C=C\c2nc(co2)C(=O)O1. The van der Waals surface area contributed by atoms with Crippen molar-refractivity contribution in [1.82, 2.24) is 9.97 Å². The summed E-state index contributed by atoms with van der Waals surface area (Å²) < 4.78 is 34.3. The Morgan fingerprint density at radius 2 is 1.04 bits per heavy atom. The van der Waals surface area contributed by atoms with Gasteiger partial charge in [-0.3, -0.25) is 0 Å². The van der Waals surface area contributed by atoms with E-state index in [1.165, 1.54) is 12.5 Å². The van der Waals surface area contributed by atoms with Crippen LogP contribution >= 0.6 is 0 Å². The normalized spacial score (nSPS) is 30.5. The van der Waals surface area contributed by atoms with Gasteiger partial charge in [-0.25, -0.2) is 19.6 Å². The van der Waals surface area contributed by atoms with E-state index in [-0.39, 0.29) is 47.6 Å². The van der Waals surface area contributed by atoms with Crippen molar-refractivity contribution in [2.24, 2.45) is 10.8 Å². The first-order valence-corrected chi connectivity index (χ1v) is 18.1. The highest BCUT2D eigenvalue weighted by Gasteiger charge is 2.40. The molecule has 2 aromatic heterocycles. The average molecular weight is 743 g/mol. The number of allylic oxidation sites excluding steroid dienone is 6. The number of aliphatic hydroxyl groups excluding tert-OH is 2. The van der Waals surface area contributed by atoms with E-state index in [0.29, 0.717) is 12.8 Å². The number of hydrogen-bond acceptors (Lipinski definition) is 12. The molecule has 3 aliphatic rings. The van der Waals surface area contributed by atoms with Crippen LogP contribution in [0.4, 0.5) is 0 Å². The van der Waals surface area contributed by atoms with Gasteiger partial charge in [0.15, 0.2) is 11.4 Å². The predicted molar refractivity (Wildman–Crippen MR) is 202 cm³/mol. The Hall–Kier alpha value is -4.88. The Bertz CT molecular complexity index is 1700. The van der Waals surface area contributed by atoms with Gasteiger partial charge in [0.25, 0.3) is 0 Å². The van der Waals surface area contributed by atoms with Crippen LogP contribution in [0.3, 0.4) is 0 Å². The maximum absolute atomic E-state index is 13.2. The fraction of sp³-hybridized carbons (Fsp3) is 0.429. The van der Waals surface area contributed by atoms with Gasteiger partial charge in [-0.1, -0.05) is 113 Å². The number of ether oxygens (including phenoxy) is 4. The number of hydrogen-bond donors (Lipinski definition) is 2. The molecular formula is C42H50N2O10. The number of nitrogens with zero attached hydrogens (tertiary/aromatic N) is 2. The molecule has 12 nitrogen and oxygen atoms in total. The van der Waals surface area contributed by atoms with E-state index in [1.807, 2.05) is 78.0 Å². The second kappa shape index (κ2) is 18.0. The standard InChI is InChI=1S/C42H50N2O10/c1-7-15-33(45)41(3,4)35-21-13-19-31-29(51-31)17-9-12-24-38-44-28(26-50-38)40(48)54-36(42(5,6)34(46)16-8-2)22-14-20-32-30(52-32)18-10-11-23-37-43-27(25-49-37)39(47)53-35/h7-20,23-26,29-36,45-46H,21-22H2,1-6H3/b15-7+,16-8+,17-9-,18-10-,19-13+,20-14+,23-11+,24-12+/t29-,30+,31-,32-,33-,34+,35+,36+/m1/s1. The summed E-state index contributed by atoms with van der Waals surface area (Å²) in [5.41, 5.74) is -1.65. The Balaban J connectivity index is 1.35. The fourth-order valence-corrected chi connectivity index (χ4v) is 5.73. The number of epoxide rings is 2. The molecule has 5 rings (SSSR count). The third-order valence-corrected chi connectivity index (χ3v) is 9.67. The van der Waals surface area contributed by atoms with Crippen molar-refractivity contribution in [3.8, 4) is 0 Å². The van der Waals surface area contributed by atoms with Crippen LogP contribution in [0.5, 0.6) is 0 Å². The van der Waals surface area contributed by atoms with Crippen LogP contribution < -0.4 is 0 Å². The highest BCUT2D eigenvalue weighted by Crippen LogP contribution is 2.34. The summed E-state index contributed by atoms with van der Waals surface area (Å²) in [4.78, 5) is 35.0. The van der Waals surface area contributed by atoms with Gasteiger partial charge >= 0.3 is 11.9 Å². The lowest BCUT2D eigenvalue weighted by atomic mass is 9.79. The van der Waals surface area contributed by atoms with Crippen molar-refractivity contribution in [3.63, 3.8) is 0 Å². The summed E-state index contributed by atoms with van der Waals surface area (Å²) in [5, 5.41) is 21.8. The highest BCUT2D eigenvalue weighted by molar-refractivity contribution is 5.87. The van der Waals surface area contributed by atoms with E-state index in [9.17, 15) is 19.8 Å². The Morgan fingerprint density at radius 3 is 1.43 bits per heavy atom. The molecule has 0 saturated carbocycles. The minimum Gasteiger partial charge on any atom is -0.457 e. The highest BCUT2D eigenvalue weighted by atomic mass is 16.6. The number of rotatable bonds is 6. The van der Waals surface area contributed by atoms with Crippen molar-refractivity contribution < 1.29 is 47.6 Å². The molecular weight excluding hydrogens is 692 g/mol. The molecule has 0 spiro atoms. The van der Waals surface area contributed by atoms with Crippen LogP contribution in [0.1, 0.15) is 87.1 Å². The Kier molecular flexibility index (Phi) is 13.4. The van der Waals surface area contributed by atoms with Gasteiger partial charge in [-0.05, 0) is 13.8 Å². The molecule has 0 aliphatic carbocycles. The van der Waals surface area contributed by atoms with Gasteiger partial charge in [-0.15, -0.1) is 0 Å². The third-order valence-electron chi connectivity index (χ3n) is 9.67. The first-order chi connectivity index (χ1) is 25.8. The molecule has 3 aliphatic heterocycles. The maximum Gasteiger partial charge on any atom is 0.360 e. The zero-order chi connectivity index (χ0) is 38.9. The quantitative estimate of drug-likeness (QED) is 0.178. The Morgan fingerprint density at radius 1 is 0.648 bits per heavy atom. The predicted octanol–water partition coefficient (Wildman–Crippen LogP) is 6.92. The van der Waals surface area contributed by atoms with Gasteiger partial charge in [0.05, 0.1) is 12.2 Å². The molecule has 54 heavy (non-hydrogen) atoms. The molecule has 288 valence electrons. The van der Waals surface area contributed by atoms with E-state index >= 15 is 0 Å². The van der Waals surface area contributed by atoms with Gasteiger partial charge in [0, 0.05) is 35.8 Å². The number of carbonyl (C=O) groups is 2. The first-order valence-electron chi connectivity index (χ1n) is 18.1. The van der Waals surface area contributed by atoms with Crippen molar-refractivity contribution in [2.75, 3.05) is 0 Å². The second-order valence-electron chi connectivity index (χ2n) is 14.5. The number of fused-ring (bicyclic) bond motifs is 6. The minimum atomic E-state index is -0.874. The Labute approximate surface area is 315 Å². The van der Waals surface area contributed by atoms with Crippen molar-refractivity contribution in [1.29, 1.82) is 0 Å². The minimum absolute atomic E-state index is 0.00877. The zero-order valence-electron chi connectivity index (χ0n) is 31.5. The molecule has 2 saturated heterocycles. The van der Waals surface area contributed by atoms with Crippen molar-refractivity contribution in [3.05, 3.63) is 121 Å².